The van der Waals surface area contributed by atoms with Gasteiger partial charge in [0.25, 0.3) is 0 Å². The lowest BCUT2D eigenvalue weighted by atomic mass is 9.93. The third-order valence-electron chi connectivity index (χ3n) is 2.81. The van der Waals surface area contributed by atoms with Crippen molar-refractivity contribution in [2.24, 2.45) is 5.73 Å². The van der Waals surface area contributed by atoms with Crippen molar-refractivity contribution >= 4 is 11.3 Å². The van der Waals surface area contributed by atoms with Crippen LogP contribution in [0.5, 0.6) is 0 Å². The molecule has 0 radical (unpaired) electrons. The van der Waals surface area contributed by atoms with Gasteiger partial charge in [-0.15, -0.1) is 0 Å². The maximum atomic E-state index is 6.12. The summed E-state index contributed by atoms with van der Waals surface area (Å²) in [6.07, 6.45) is 2.39. The molecular weight excluding hydrogens is 180 g/mol. The topological polar surface area (TPSA) is 29.3 Å². The van der Waals surface area contributed by atoms with E-state index >= 15 is 0 Å². The summed E-state index contributed by atoms with van der Waals surface area (Å²) in [7, 11) is 2.17. The molecule has 2 N–H and O–H groups in total. The predicted octanol–water partition coefficient (Wildman–Crippen LogP) is 1.84. The summed E-state index contributed by atoms with van der Waals surface area (Å²) < 4.78 is 0. The van der Waals surface area contributed by atoms with Gasteiger partial charge in [-0.05, 0) is 48.8 Å². The predicted molar refractivity (Wildman–Crippen MR) is 56.9 cm³/mol. The minimum Gasteiger partial charge on any atom is -0.326 e. The van der Waals surface area contributed by atoms with E-state index in [4.69, 9.17) is 5.73 Å². The fourth-order valence-corrected chi connectivity index (χ4v) is 2.83. The second kappa shape index (κ2) is 3.78. The Balaban J connectivity index is 2.19. The number of likely N-dealkylation sites (tertiary alicyclic amines) is 1. The molecule has 1 aromatic rings. The van der Waals surface area contributed by atoms with Crippen LogP contribution < -0.4 is 5.73 Å². The van der Waals surface area contributed by atoms with E-state index in [0.717, 1.165) is 6.42 Å². The van der Waals surface area contributed by atoms with E-state index in [2.05, 4.69) is 28.8 Å². The van der Waals surface area contributed by atoms with Crippen LogP contribution in [0.15, 0.2) is 16.8 Å². The van der Waals surface area contributed by atoms with E-state index < -0.39 is 0 Å². The molecule has 2 unspecified atom stereocenters. The summed E-state index contributed by atoms with van der Waals surface area (Å²) in [5.41, 5.74) is 7.51. The summed E-state index contributed by atoms with van der Waals surface area (Å²) >= 11 is 1.76. The summed E-state index contributed by atoms with van der Waals surface area (Å²) in [6.45, 7) is 1.17. The van der Waals surface area contributed by atoms with Crippen molar-refractivity contribution in [3.8, 4) is 0 Å². The van der Waals surface area contributed by atoms with Crippen LogP contribution in [0, 0.1) is 0 Å². The average Bonchev–Trinajstić information content (AvgIpc) is 2.57. The zero-order valence-electron chi connectivity index (χ0n) is 7.94. The second-order valence-corrected chi connectivity index (χ2v) is 4.57. The molecule has 0 saturated carbocycles. The smallest absolute Gasteiger partial charge is 0.0504 e. The Morgan fingerprint density at radius 1 is 1.62 bits per heavy atom. The molecule has 2 nitrogen and oxygen atoms in total. The Bertz CT molecular complexity index is 248. The molecule has 3 heteroatoms. The first-order chi connectivity index (χ1) is 6.29. The molecule has 2 heterocycles. The molecule has 2 rings (SSSR count). The van der Waals surface area contributed by atoms with Gasteiger partial charge in [0, 0.05) is 6.04 Å². The van der Waals surface area contributed by atoms with E-state index in [9.17, 15) is 0 Å². The van der Waals surface area contributed by atoms with Gasteiger partial charge < -0.3 is 5.73 Å². The number of rotatable bonds is 1. The maximum absolute atomic E-state index is 6.12. The minimum absolute atomic E-state index is 0.313. The largest absolute Gasteiger partial charge is 0.326 e. The van der Waals surface area contributed by atoms with Crippen molar-refractivity contribution in [3.63, 3.8) is 0 Å². The van der Waals surface area contributed by atoms with Crippen LogP contribution in [0.1, 0.15) is 24.4 Å². The van der Waals surface area contributed by atoms with Crippen molar-refractivity contribution in [1.82, 2.24) is 4.90 Å². The van der Waals surface area contributed by atoms with Crippen molar-refractivity contribution in [1.29, 1.82) is 0 Å². The molecule has 0 aliphatic carbocycles. The summed E-state index contributed by atoms with van der Waals surface area (Å²) in [5.74, 6) is 0. The molecule has 0 spiro atoms. The molecule has 1 aliphatic heterocycles. The Morgan fingerprint density at radius 2 is 2.46 bits per heavy atom. The molecule has 13 heavy (non-hydrogen) atoms. The fourth-order valence-electron chi connectivity index (χ4n) is 2.15. The Kier molecular flexibility index (Phi) is 2.67. The fraction of sp³-hybridized carbons (Fsp3) is 0.600. The van der Waals surface area contributed by atoms with Crippen LogP contribution in [0.4, 0.5) is 0 Å². The number of hydrogen-bond acceptors (Lipinski definition) is 3. The number of hydrogen-bond donors (Lipinski definition) is 1. The lowest BCUT2D eigenvalue weighted by Gasteiger charge is -2.37. The number of nitrogens with two attached hydrogens (primary N) is 1. The first-order valence-corrected chi connectivity index (χ1v) is 5.71. The van der Waals surface area contributed by atoms with Crippen molar-refractivity contribution in [3.05, 3.63) is 22.4 Å². The van der Waals surface area contributed by atoms with Crippen molar-refractivity contribution in [2.75, 3.05) is 13.6 Å². The van der Waals surface area contributed by atoms with Gasteiger partial charge in [0.1, 0.15) is 0 Å². The van der Waals surface area contributed by atoms with E-state index in [1.807, 2.05) is 0 Å². The molecular formula is C10H16N2S. The molecule has 0 amide bonds. The van der Waals surface area contributed by atoms with Crippen LogP contribution in [0.25, 0.3) is 0 Å². The Morgan fingerprint density at radius 3 is 3.08 bits per heavy atom. The zero-order valence-corrected chi connectivity index (χ0v) is 8.76. The van der Waals surface area contributed by atoms with Crippen molar-refractivity contribution < 1.29 is 0 Å². The number of piperidine rings is 1. The molecule has 1 fully saturated rings. The van der Waals surface area contributed by atoms with Crippen LogP contribution in [-0.4, -0.2) is 24.5 Å². The standard InChI is InChI=1S/C10H16N2S/c1-12-5-2-3-9(11)10(12)8-4-6-13-7-8/h4,6-7,9-10H,2-3,5,11H2,1H3. The molecule has 1 aliphatic rings. The van der Waals surface area contributed by atoms with Gasteiger partial charge in [-0.3, -0.25) is 4.90 Å². The highest BCUT2D eigenvalue weighted by atomic mass is 32.1. The van der Waals surface area contributed by atoms with Gasteiger partial charge in [0.2, 0.25) is 0 Å². The number of nitrogens with zero attached hydrogens (tertiary/aromatic N) is 1. The number of likely N-dealkylation sites (N-methyl/N-ethyl adjacent to an activating group) is 1. The Hall–Kier alpha value is -0.380. The summed E-state index contributed by atoms with van der Waals surface area (Å²) in [5, 5.41) is 4.34. The van der Waals surface area contributed by atoms with E-state index in [1.54, 1.807) is 11.3 Å². The maximum Gasteiger partial charge on any atom is 0.0504 e. The van der Waals surface area contributed by atoms with Crippen LogP contribution >= 0.6 is 11.3 Å². The normalized spacial score (nSPS) is 30.6. The summed E-state index contributed by atoms with van der Waals surface area (Å²) in [4.78, 5) is 2.37. The third kappa shape index (κ3) is 1.77. The second-order valence-electron chi connectivity index (χ2n) is 3.79. The Labute approximate surface area is 83.4 Å². The van der Waals surface area contributed by atoms with Gasteiger partial charge in [-0.1, -0.05) is 0 Å². The van der Waals surface area contributed by atoms with Gasteiger partial charge in [-0.25, -0.2) is 0 Å². The van der Waals surface area contributed by atoms with E-state index in [1.165, 1.54) is 18.5 Å². The average molecular weight is 196 g/mol. The molecule has 0 bridgehead atoms. The lowest BCUT2D eigenvalue weighted by molar-refractivity contribution is 0.163. The van der Waals surface area contributed by atoms with Crippen LogP contribution in [0.2, 0.25) is 0 Å². The third-order valence-corrected chi connectivity index (χ3v) is 3.51. The van der Waals surface area contributed by atoms with Gasteiger partial charge in [0.05, 0.1) is 6.04 Å². The van der Waals surface area contributed by atoms with Crippen LogP contribution in [-0.2, 0) is 0 Å². The number of thiophene rings is 1. The van der Waals surface area contributed by atoms with Crippen LogP contribution in [0.3, 0.4) is 0 Å². The molecule has 1 aromatic heterocycles. The molecule has 0 aromatic carbocycles. The highest BCUT2D eigenvalue weighted by molar-refractivity contribution is 7.07. The van der Waals surface area contributed by atoms with Gasteiger partial charge in [0.15, 0.2) is 0 Å². The summed E-state index contributed by atoms with van der Waals surface area (Å²) in [6, 6.07) is 2.95. The first kappa shape index (κ1) is 9.19. The molecule has 1 saturated heterocycles. The highest BCUT2D eigenvalue weighted by Crippen LogP contribution is 2.29. The minimum atomic E-state index is 0.313. The highest BCUT2D eigenvalue weighted by Gasteiger charge is 2.27. The quantitative estimate of drug-likeness (QED) is 0.742. The SMILES string of the molecule is CN1CCCC(N)C1c1ccsc1. The van der Waals surface area contributed by atoms with E-state index in [0.29, 0.717) is 12.1 Å². The zero-order chi connectivity index (χ0) is 9.26. The monoisotopic (exact) mass is 196 g/mol. The van der Waals surface area contributed by atoms with Crippen molar-refractivity contribution in [2.45, 2.75) is 24.9 Å². The lowest BCUT2D eigenvalue weighted by Crippen LogP contribution is -2.43. The molecule has 72 valence electrons. The first-order valence-electron chi connectivity index (χ1n) is 4.77. The van der Waals surface area contributed by atoms with E-state index in [-0.39, 0.29) is 0 Å². The van der Waals surface area contributed by atoms with Gasteiger partial charge >= 0.3 is 0 Å². The molecule has 2 atom stereocenters. The van der Waals surface area contributed by atoms with Gasteiger partial charge in [-0.2, -0.15) is 11.3 Å².